The average Bonchev–Trinajstić information content (AvgIpc) is 3.28. The second-order valence-corrected chi connectivity index (χ2v) is 7.72. The van der Waals surface area contributed by atoms with Crippen LogP contribution in [0.1, 0.15) is 23.0 Å². The van der Waals surface area contributed by atoms with E-state index in [-0.39, 0.29) is 0 Å². The lowest BCUT2D eigenvalue weighted by atomic mass is 10.0. The highest BCUT2D eigenvalue weighted by molar-refractivity contribution is 6.37. The SMILES string of the molecule is C/C(=N/NC(=O)c1cc(-c2ccc(-c3ccccc3)cc2)n[nH]1)c1ccc(Cl)cc1Cl. The Balaban J connectivity index is 1.46. The Kier molecular flexibility index (Phi) is 6.16. The number of amides is 1. The summed E-state index contributed by atoms with van der Waals surface area (Å²) in [7, 11) is 0. The zero-order valence-electron chi connectivity index (χ0n) is 16.6. The number of hydrogen-bond donors (Lipinski definition) is 2. The van der Waals surface area contributed by atoms with E-state index in [1.165, 1.54) is 0 Å². The van der Waals surface area contributed by atoms with Crippen molar-refractivity contribution >= 4 is 34.8 Å². The van der Waals surface area contributed by atoms with Crippen molar-refractivity contribution in [3.8, 4) is 22.4 Å². The Labute approximate surface area is 189 Å². The summed E-state index contributed by atoms with van der Waals surface area (Å²) in [4.78, 5) is 12.5. The Morgan fingerprint density at radius 2 is 1.58 bits per heavy atom. The minimum absolute atomic E-state index is 0.306. The molecule has 31 heavy (non-hydrogen) atoms. The predicted octanol–water partition coefficient (Wildman–Crippen LogP) is 6.20. The maximum Gasteiger partial charge on any atom is 0.289 e. The van der Waals surface area contributed by atoms with Gasteiger partial charge in [0.05, 0.1) is 16.4 Å². The van der Waals surface area contributed by atoms with E-state index in [9.17, 15) is 4.79 Å². The van der Waals surface area contributed by atoms with Crippen molar-refractivity contribution in [1.82, 2.24) is 15.6 Å². The Morgan fingerprint density at radius 3 is 2.29 bits per heavy atom. The van der Waals surface area contributed by atoms with Gasteiger partial charge in [-0.2, -0.15) is 10.2 Å². The van der Waals surface area contributed by atoms with Gasteiger partial charge in [0, 0.05) is 16.1 Å². The van der Waals surface area contributed by atoms with Crippen molar-refractivity contribution in [2.75, 3.05) is 0 Å². The lowest BCUT2D eigenvalue weighted by molar-refractivity contribution is 0.0950. The van der Waals surface area contributed by atoms with Crippen LogP contribution >= 0.6 is 23.2 Å². The van der Waals surface area contributed by atoms with E-state index in [4.69, 9.17) is 23.2 Å². The third-order valence-corrected chi connectivity index (χ3v) is 5.30. The van der Waals surface area contributed by atoms with Crippen LogP contribution in [0.4, 0.5) is 0 Å². The summed E-state index contributed by atoms with van der Waals surface area (Å²) in [5.74, 6) is -0.399. The summed E-state index contributed by atoms with van der Waals surface area (Å²) in [6.45, 7) is 1.75. The van der Waals surface area contributed by atoms with Gasteiger partial charge in [-0.25, -0.2) is 5.43 Å². The van der Waals surface area contributed by atoms with E-state index in [1.54, 1.807) is 31.2 Å². The molecule has 0 aliphatic rings. The van der Waals surface area contributed by atoms with Gasteiger partial charge in [-0.1, -0.05) is 83.9 Å². The van der Waals surface area contributed by atoms with Crippen LogP contribution in [0, 0.1) is 0 Å². The molecule has 2 N–H and O–H groups in total. The molecule has 4 aromatic rings. The standard InChI is InChI=1S/C24H18Cl2N4O/c1-15(20-12-11-19(25)13-21(20)26)27-30-24(31)23-14-22(28-29-23)18-9-7-17(8-10-18)16-5-3-2-4-6-16/h2-14H,1H3,(H,28,29)(H,30,31)/b27-15-. The number of hydrogen-bond acceptors (Lipinski definition) is 3. The fourth-order valence-electron chi connectivity index (χ4n) is 3.09. The number of H-pyrrole nitrogens is 1. The molecule has 1 aromatic heterocycles. The number of aromatic nitrogens is 2. The van der Waals surface area contributed by atoms with Gasteiger partial charge in [0.2, 0.25) is 0 Å². The van der Waals surface area contributed by atoms with Crippen LogP contribution in [0.2, 0.25) is 10.0 Å². The van der Waals surface area contributed by atoms with E-state index in [0.29, 0.717) is 32.7 Å². The van der Waals surface area contributed by atoms with Gasteiger partial charge in [-0.3, -0.25) is 9.89 Å². The van der Waals surface area contributed by atoms with E-state index < -0.39 is 5.91 Å². The summed E-state index contributed by atoms with van der Waals surface area (Å²) in [5, 5.41) is 12.1. The first-order valence-electron chi connectivity index (χ1n) is 9.52. The quantitative estimate of drug-likeness (QED) is 0.281. The molecule has 0 aliphatic heterocycles. The molecule has 7 heteroatoms. The van der Waals surface area contributed by atoms with E-state index in [1.807, 2.05) is 42.5 Å². The Bertz CT molecular complexity index is 1250. The predicted molar refractivity (Wildman–Crippen MR) is 126 cm³/mol. The van der Waals surface area contributed by atoms with E-state index in [0.717, 1.165) is 16.7 Å². The first-order valence-corrected chi connectivity index (χ1v) is 10.3. The van der Waals surface area contributed by atoms with Crippen LogP contribution in [0.5, 0.6) is 0 Å². The van der Waals surface area contributed by atoms with Crippen LogP contribution in [0.15, 0.2) is 84.0 Å². The highest BCUT2D eigenvalue weighted by Gasteiger charge is 2.12. The first-order chi connectivity index (χ1) is 15.0. The molecule has 5 nitrogen and oxygen atoms in total. The molecular weight excluding hydrogens is 431 g/mol. The molecule has 0 fully saturated rings. The largest absolute Gasteiger partial charge is 0.289 e. The first kappa shape index (κ1) is 20.8. The van der Waals surface area contributed by atoms with Crippen molar-refractivity contribution < 1.29 is 4.79 Å². The summed E-state index contributed by atoms with van der Waals surface area (Å²) in [6, 6.07) is 24.9. The zero-order chi connectivity index (χ0) is 21.8. The molecule has 0 bridgehead atoms. The normalized spacial score (nSPS) is 11.4. The summed E-state index contributed by atoms with van der Waals surface area (Å²) < 4.78 is 0. The van der Waals surface area contributed by atoms with E-state index >= 15 is 0 Å². The number of nitrogens with zero attached hydrogens (tertiary/aromatic N) is 2. The molecule has 0 atom stereocenters. The van der Waals surface area contributed by atoms with E-state index in [2.05, 4.69) is 32.9 Å². The molecule has 154 valence electrons. The summed E-state index contributed by atoms with van der Waals surface area (Å²) in [5.41, 5.74) is 7.91. The number of carbonyl (C=O) groups excluding carboxylic acids is 1. The van der Waals surface area contributed by atoms with Gasteiger partial charge in [-0.15, -0.1) is 0 Å². The Hall–Kier alpha value is -3.41. The minimum Gasteiger partial charge on any atom is -0.272 e. The Morgan fingerprint density at radius 1 is 0.903 bits per heavy atom. The molecule has 3 aromatic carbocycles. The van der Waals surface area contributed by atoms with Crippen molar-refractivity contribution in [1.29, 1.82) is 0 Å². The lowest BCUT2D eigenvalue weighted by Crippen LogP contribution is -2.19. The van der Waals surface area contributed by atoms with Crippen LogP contribution in [-0.2, 0) is 0 Å². The van der Waals surface area contributed by atoms with Crippen LogP contribution in [0.25, 0.3) is 22.4 Å². The van der Waals surface area contributed by atoms with Gasteiger partial charge >= 0.3 is 0 Å². The van der Waals surface area contributed by atoms with Crippen molar-refractivity contribution in [2.45, 2.75) is 6.92 Å². The van der Waals surface area contributed by atoms with Gasteiger partial charge in [0.25, 0.3) is 5.91 Å². The molecule has 1 heterocycles. The van der Waals surface area contributed by atoms with Gasteiger partial charge in [0.15, 0.2) is 0 Å². The molecule has 1 amide bonds. The monoisotopic (exact) mass is 448 g/mol. The molecular formula is C24H18Cl2N4O. The molecule has 0 saturated carbocycles. The third-order valence-electron chi connectivity index (χ3n) is 4.76. The summed E-state index contributed by atoms with van der Waals surface area (Å²) in [6.07, 6.45) is 0. The molecule has 0 radical (unpaired) electrons. The highest BCUT2D eigenvalue weighted by atomic mass is 35.5. The average molecular weight is 449 g/mol. The molecule has 0 aliphatic carbocycles. The number of halogens is 2. The smallest absolute Gasteiger partial charge is 0.272 e. The summed E-state index contributed by atoms with van der Waals surface area (Å²) >= 11 is 12.1. The topological polar surface area (TPSA) is 70.1 Å². The molecule has 0 saturated heterocycles. The second-order valence-electron chi connectivity index (χ2n) is 6.87. The van der Waals surface area contributed by atoms with Gasteiger partial charge in [0.1, 0.15) is 5.69 Å². The number of hydrazone groups is 1. The van der Waals surface area contributed by atoms with Crippen molar-refractivity contribution in [3.63, 3.8) is 0 Å². The van der Waals surface area contributed by atoms with Crippen LogP contribution in [0.3, 0.4) is 0 Å². The number of nitrogens with one attached hydrogen (secondary N) is 2. The van der Waals surface area contributed by atoms with Gasteiger partial charge < -0.3 is 0 Å². The number of carbonyl (C=O) groups is 1. The van der Waals surface area contributed by atoms with Crippen LogP contribution < -0.4 is 5.43 Å². The minimum atomic E-state index is -0.399. The van der Waals surface area contributed by atoms with Crippen LogP contribution in [-0.4, -0.2) is 21.8 Å². The number of benzene rings is 3. The maximum atomic E-state index is 12.5. The zero-order valence-corrected chi connectivity index (χ0v) is 18.1. The number of aromatic amines is 1. The lowest BCUT2D eigenvalue weighted by Gasteiger charge is -2.04. The highest BCUT2D eigenvalue weighted by Crippen LogP contribution is 2.24. The third kappa shape index (κ3) is 4.85. The maximum absolute atomic E-state index is 12.5. The van der Waals surface area contributed by atoms with Crippen molar-refractivity contribution in [3.05, 3.63) is 100 Å². The van der Waals surface area contributed by atoms with Gasteiger partial charge in [-0.05, 0) is 36.2 Å². The molecule has 4 rings (SSSR count). The fraction of sp³-hybridized carbons (Fsp3) is 0.0417. The number of rotatable bonds is 5. The van der Waals surface area contributed by atoms with Crippen molar-refractivity contribution in [2.24, 2.45) is 5.10 Å². The molecule has 0 unspecified atom stereocenters. The molecule has 0 spiro atoms. The second kappa shape index (κ2) is 9.16. The fourth-order valence-corrected chi connectivity index (χ4v) is 3.63.